The summed E-state index contributed by atoms with van der Waals surface area (Å²) in [4.78, 5) is 14.2. The number of aromatic nitrogens is 1. The zero-order chi connectivity index (χ0) is 22.8. The minimum absolute atomic E-state index is 0.0486. The number of carboxylic acid groups (broad SMARTS) is 1. The van der Waals surface area contributed by atoms with Gasteiger partial charge in [-0.25, -0.2) is 27.0 Å². The molecule has 1 atom stereocenters. The molecule has 1 heterocycles. The van der Waals surface area contributed by atoms with Gasteiger partial charge in [0.25, 0.3) is 10.0 Å². The minimum Gasteiger partial charge on any atom is -0.484 e. The quantitative estimate of drug-likeness (QED) is 0.473. The van der Waals surface area contributed by atoms with Gasteiger partial charge in [-0.2, -0.15) is 0 Å². The molecule has 0 aliphatic heterocycles. The van der Waals surface area contributed by atoms with Crippen molar-refractivity contribution in [1.29, 1.82) is 0 Å². The fourth-order valence-corrected chi connectivity index (χ4v) is 4.96. The zero-order valence-corrected chi connectivity index (χ0v) is 18.2. The average Bonchev–Trinajstić information content (AvgIpc) is 3.22. The smallest absolute Gasteiger partial charge is 0.427 e. The monoisotopic (exact) mass is 488 g/mol. The van der Waals surface area contributed by atoms with Crippen LogP contribution in [0.15, 0.2) is 52.2 Å². The fourth-order valence-electron chi connectivity index (χ4n) is 2.78. The van der Waals surface area contributed by atoms with Crippen LogP contribution in [0.3, 0.4) is 0 Å². The van der Waals surface area contributed by atoms with Crippen molar-refractivity contribution in [1.82, 2.24) is 4.98 Å². The summed E-state index contributed by atoms with van der Waals surface area (Å²) in [5, 5.41) is 10.2. The van der Waals surface area contributed by atoms with Gasteiger partial charge in [0.15, 0.2) is 5.82 Å². The first-order chi connectivity index (χ1) is 14.7. The van der Waals surface area contributed by atoms with Crippen LogP contribution in [-0.2, 0) is 10.0 Å². The van der Waals surface area contributed by atoms with Crippen LogP contribution in [0.2, 0.25) is 5.02 Å². The van der Waals surface area contributed by atoms with Crippen LogP contribution in [-0.4, -0.2) is 24.6 Å². The molecule has 0 aliphatic carbocycles. The highest BCUT2D eigenvalue weighted by atomic mass is 35.5. The van der Waals surface area contributed by atoms with Gasteiger partial charge in [0, 0.05) is 17.0 Å². The number of nitrogens with zero attached hydrogens (tertiary/aromatic N) is 2. The Bertz CT molecular complexity index is 1210. The van der Waals surface area contributed by atoms with Crippen molar-refractivity contribution in [2.24, 2.45) is 0 Å². The number of anilines is 1. The van der Waals surface area contributed by atoms with Crippen LogP contribution in [0.25, 0.3) is 0 Å². The van der Waals surface area contributed by atoms with Crippen molar-refractivity contribution in [2.45, 2.75) is 24.3 Å². The van der Waals surface area contributed by atoms with Crippen molar-refractivity contribution in [2.75, 3.05) is 4.31 Å². The third-order valence-electron chi connectivity index (χ3n) is 4.20. The number of rotatable bonds is 7. The topological polar surface area (TPSA) is 96.8 Å². The number of thiazole rings is 1. The number of hydrogen-bond acceptors (Lipinski definition) is 6. The number of benzene rings is 2. The van der Waals surface area contributed by atoms with E-state index in [1.807, 2.05) is 0 Å². The highest BCUT2D eigenvalue weighted by Crippen LogP contribution is 2.36. The molecule has 1 aromatic heterocycles. The van der Waals surface area contributed by atoms with Crippen molar-refractivity contribution in [3.8, 4) is 5.75 Å². The molecule has 12 heteroatoms. The predicted molar refractivity (Wildman–Crippen MR) is 111 cm³/mol. The van der Waals surface area contributed by atoms with Gasteiger partial charge < -0.3 is 9.84 Å². The fraction of sp³-hybridized carbons (Fsp3) is 0.158. The number of amides is 1. The SMILES string of the molecule is CC[C@H](Oc1cc(F)c(S(=O)(=O)N(C(=O)O)c2cscn2)cc1Cl)c1ccccc1F. The summed E-state index contributed by atoms with van der Waals surface area (Å²) in [6.07, 6.45) is -2.37. The number of sulfonamides is 1. The summed E-state index contributed by atoms with van der Waals surface area (Å²) in [5.41, 5.74) is 1.45. The maximum Gasteiger partial charge on any atom is 0.427 e. The van der Waals surface area contributed by atoms with Crippen LogP contribution >= 0.6 is 22.9 Å². The molecule has 1 N–H and O–H groups in total. The van der Waals surface area contributed by atoms with Gasteiger partial charge in [-0.15, -0.1) is 15.6 Å². The van der Waals surface area contributed by atoms with Gasteiger partial charge in [-0.05, 0) is 18.6 Å². The van der Waals surface area contributed by atoms with E-state index in [0.717, 1.165) is 23.5 Å². The molecule has 0 aliphatic rings. The lowest BCUT2D eigenvalue weighted by molar-refractivity contribution is 0.195. The Morgan fingerprint density at radius 2 is 2.00 bits per heavy atom. The molecule has 0 radical (unpaired) electrons. The molecule has 31 heavy (non-hydrogen) atoms. The summed E-state index contributed by atoms with van der Waals surface area (Å²) >= 11 is 7.08. The maximum atomic E-state index is 14.8. The molecular weight excluding hydrogens is 474 g/mol. The first kappa shape index (κ1) is 22.9. The summed E-state index contributed by atoms with van der Waals surface area (Å²) in [6, 6.07) is 7.34. The van der Waals surface area contributed by atoms with E-state index < -0.39 is 44.6 Å². The Kier molecular flexibility index (Phi) is 6.77. The molecule has 0 spiro atoms. The molecular formula is C19H15ClF2N2O5S2. The van der Waals surface area contributed by atoms with Crippen LogP contribution in [0.5, 0.6) is 5.75 Å². The minimum atomic E-state index is -4.88. The number of halogens is 3. The molecule has 0 saturated heterocycles. The van der Waals surface area contributed by atoms with Gasteiger partial charge in [0.05, 0.1) is 10.5 Å². The summed E-state index contributed by atoms with van der Waals surface area (Å²) in [5.74, 6) is -2.43. The van der Waals surface area contributed by atoms with Crippen molar-refractivity contribution in [3.63, 3.8) is 0 Å². The second-order valence-corrected chi connectivity index (χ2v) is 9.03. The lowest BCUT2D eigenvalue weighted by Crippen LogP contribution is -2.36. The summed E-state index contributed by atoms with van der Waals surface area (Å²) in [7, 11) is -4.88. The van der Waals surface area contributed by atoms with E-state index >= 15 is 0 Å². The number of carbonyl (C=O) groups is 1. The molecule has 0 saturated carbocycles. The van der Waals surface area contributed by atoms with Crippen molar-refractivity contribution in [3.05, 3.63) is 69.5 Å². The highest BCUT2D eigenvalue weighted by Gasteiger charge is 2.35. The van der Waals surface area contributed by atoms with Crippen LogP contribution in [0.1, 0.15) is 25.0 Å². The van der Waals surface area contributed by atoms with E-state index in [4.69, 9.17) is 16.3 Å². The normalized spacial score (nSPS) is 12.4. The molecule has 0 unspecified atom stereocenters. The lowest BCUT2D eigenvalue weighted by atomic mass is 10.1. The van der Waals surface area contributed by atoms with Crippen LogP contribution in [0.4, 0.5) is 19.4 Å². The van der Waals surface area contributed by atoms with Gasteiger partial charge in [-0.3, -0.25) is 0 Å². The van der Waals surface area contributed by atoms with E-state index in [2.05, 4.69) is 4.98 Å². The molecule has 164 valence electrons. The van der Waals surface area contributed by atoms with Gasteiger partial charge in [0.2, 0.25) is 0 Å². The molecule has 3 rings (SSSR count). The molecule has 1 amide bonds. The Morgan fingerprint density at radius 1 is 1.29 bits per heavy atom. The summed E-state index contributed by atoms with van der Waals surface area (Å²) < 4.78 is 60.1. The molecule has 0 fully saturated rings. The van der Waals surface area contributed by atoms with Crippen LogP contribution < -0.4 is 9.04 Å². The standard InChI is InChI=1S/C19H15ClF2N2O5S2/c1-2-15(11-5-3-4-6-13(11)21)29-16-8-14(22)17(7-12(16)20)31(27,28)24(19(25)26)18-9-30-10-23-18/h3-10,15H,2H2,1H3,(H,25,26)/t15-/m0/s1. The molecule has 2 aromatic carbocycles. The Labute approximate surface area is 185 Å². The summed E-state index contributed by atoms with van der Waals surface area (Å²) in [6.45, 7) is 1.72. The maximum absolute atomic E-state index is 14.8. The molecule has 0 bridgehead atoms. The predicted octanol–water partition coefficient (Wildman–Crippen LogP) is 5.48. The van der Waals surface area contributed by atoms with Crippen molar-refractivity contribution < 1.29 is 31.8 Å². The van der Waals surface area contributed by atoms with E-state index in [9.17, 15) is 27.1 Å². The Balaban J connectivity index is 2.00. The molecule has 3 aromatic rings. The molecule has 7 nitrogen and oxygen atoms in total. The number of hydrogen-bond donors (Lipinski definition) is 1. The zero-order valence-electron chi connectivity index (χ0n) is 15.8. The first-order valence-electron chi connectivity index (χ1n) is 8.73. The van der Waals surface area contributed by atoms with E-state index in [0.29, 0.717) is 6.42 Å². The lowest BCUT2D eigenvalue weighted by Gasteiger charge is -2.21. The largest absolute Gasteiger partial charge is 0.484 e. The van der Waals surface area contributed by atoms with E-state index in [1.54, 1.807) is 13.0 Å². The van der Waals surface area contributed by atoms with Crippen LogP contribution in [0, 0.1) is 11.6 Å². The van der Waals surface area contributed by atoms with Gasteiger partial charge >= 0.3 is 6.09 Å². The third-order valence-corrected chi connectivity index (χ3v) is 6.76. The number of ether oxygens (including phenoxy) is 1. The third kappa shape index (κ3) is 4.63. The Hall–Kier alpha value is -2.76. The Morgan fingerprint density at radius 3 is 2.58 bits per heavy atom. The van der Waals surface area contributed by atoms with Gasteiger partial charge in [0.1, 0.15) is 28.4 Å². The second kappa shape index (κ2) is 9.16. The van der Waals surface area contributed by atoms with Gasteiger partial charge in [-0.1, -0.05) is 36.7 Å². The second-order valence-electron chi connectivity index (χ2n) is 6.15. The highest BCUT2D eigenvalue weighted by molar-refractivity contribution is 7.93. The van der Waals surface area contributed by atoms with Crippen molar-refractivity contribution >= 4 is 44.9 Å². The first-order valence-corrected chi connectivity index (χ1v) is 11.5. The van der Waals surface area contributed by atoms with E-state index in [-0.39, 0.29) is 20.6 Å². The van der Waals surface area contributed by atoms with E-state index in [1.165, 1.54) is 29.1 Å². The average molecular weight is 489 g/mol.